The van der Waals surface area contributed by atoms with Crippen LogP contribution in [0, 0.1) is 11.8 Å². The van der Waals surface area contributed by atoms with E-state index in [-0.39, 0.29) is 48.2 Å². The maximum absolute atomic E-state index is 14.3. The van der Waals surface area contributed by atoms with Crippen LogP contribution in [0.3, 0.4) is 0 Å². The fourth-order valence-electron chi connectivity index (χ4n) is 5.76. The first-order valence-corrected chi connectivity index (χ1v) is 13.7. The molecule has 3 heterocycles. The quantitative estimate of drug-likeness (QED) is 0.245. The molecule has 194 valence electrons. The van der Waals surface area contributed by atoms with Gasteiger partial charge in [0.2, 0.25) is 5.91 Å². The molecule has 3 aliphatic heterocycles. The summed E-state index contributed by atoms with van der Waals surface area (Å²) in [6.07, 6.45) is 4.05. The number of fused-ring (bicyclic) bond motifs is 1. The second-order valence-electron chi connectivity index (χ2n) is 9.13. The average molecular weight is 580 g/mol. The van der Waals surface area contributed by atoms with Gasteiger partial charge >= 0.3 is 5.97 Å². The lowest BCUT2D eigenvalue weighted by Gasteiger charge is -2.37. The van der Waals surface area contributed by atoms with E-state index in [2.05, 4.69) is 29.1 Å². The molecule has 4 rings (SSSR count). The molecule has 1 spiro atoms. The van der Waals surface area contributed by atoms with E-state index in [1.54, 1.807) is 59.0 Å². The van der Waals surface area contributed by atoms with E-state index >= 15 is 0 Å². The Kier molecular flexibility index (Phi) is 8.16. The maximum Gasteiger partial charge on any atom is 0.311 e. The number of esters is 1. The van der Waals surface area contributed by atoms with Gasteiger partial charge in [-0.05, 0) is 37.1 Å². The first-order valence-electron chi connectivity index (χ1n) is 11.9. The molecule has 6 atom stereocenters. The number of likely N-dealkylation sites (tertiary alicyclic amines) is 1. The number of aliphatic hydroxyl groups excluding tert-OH is 1. The van der Waals surface area contributed by atoms with Crippen molar-refractivity contribution < 1.29 is 29.0 Å². The van der Waals surface area contributed by atoms with E-state index in [1.165, 1.54) is 6.08 Å². The third kappa shape index (κ3) is 4.37. The van der Waals surface area contributed by atoms with Crippen molar-refractivity contribution in [2.75, 3.05) is 38.3 Å². The highest BCUT2D eigenvalue weighted by molar-refractivity contribution is 9.09. The number of hydrogen-bond acceptors (Lipinski definition) is 7. The van der Waals surface area contributed by atoms with Crippen LogP contribution in [-0.4, -0.2) is 82.1 Å². The predicted octanol–water partition coefficient (Wildman–Crippen LogP) is 2.79. The van der Waals surface area contributed by atoms with E-state index < -0.39 is 28.6 Å². The zero-order valence-corrected chi connectivity index (χ0v) is 22.6. The molecule has 10 heteroatoms. The Morgan fingerprint density at radius 1 is 1.31 bits per heavy atom. The number of ether oxygens (including phenoxy) is 2. The van der Waals surface area contributed by atoms with Crippen molar-refractivity contribution in [1.82, 2.24) is 4.90 Å². The van der Waals surface area contributed by atoms with Crippen LogP contribution in [0.2, 0.25) is 0 Å². The van der Waals surface area contributed by atoms with Crippen molar-refractivity contribution in [2.45, 2.75) is 33.7 Å². The van der Waals surface area contributed by atoms with Crippen molar-refractivity contribution >= 4 is 51.2 Å². The Morgan fingerprint density at radius 2 is 2.03 bits per heavy atom. The number of halogens is 1. The van der Waals surface area contributed by atoms with Crippen molar-refractivity contribution in [2.24, 2.45) is 11.8 Å². The number of anilines is 1. The highest BCUT2D eigenvalue weighted by Gasteiger charge is 2.76. The number of rotatable bonds is 11. The second kappa shape index (κ2) is 11.0. The molecule has 0 aliphatic carbocycles. The number of hydrogen-bond donors (Lipinski definition) is 1. The number of nitrogens with zero attached hydrogens (tertiary/aromatic N) is 2. The third-order valence-corrected chi connectivity index (χ3v) is 10.4. The summed E-state index contributed by atoms with van der Waals surface area (Å²) in [7, 11) is 1.57. The smallest absolute Gasteiger partial charge is 0.311 e. The summed E-state index contributed by atoms with van der Waals surface area (Å²) in [6.45, 7) is 7.86. The Hall–Kier alpha value is -2.30. The zero-order chi connectivity index (χ0) is 26.0. The van der Waals surface area contributed by atoms with Crippen LogP contribution >= 0.6 is 27.7 Å². The van der Waals surface area contributed by atoms with Crippen molar-refractivity contribution in [3.05, 3.63) is 49.6 Å². The molecule has 36 heavy (non-hydrogen) atoms. The molecule has 2 bridgehead atoms. The monoisotopic (exact) mass is 578 g/mol. The molecule has 1 aromatic carbocycles. The number of carbonyl (C=O) groups is 3. The van der Waals surface area contributed by atoms with E-state index in [4.69, 9.17) is 9.47 Å². The number of carbonyl (C=O) groups excluding carboxylic acids is 3. The van der Waals surface area contributed by atoms with Crippen LogP contribution < -0.4 is 9.64 Å². The molecule has 3 fully saturated rings. The Labute approximate surface area is 223 Å². The lowest BCUT2D eigenvalue weighted by atomic mass is 9.71. The van der Waals surface area contributed by atoms with Crippen LogP contribution in [0.5, 0.6) is 5.75 Å². The number of amides is 2. The van der Waals surface area contributed by atoms with Gasteiger partial charge in [0.1, 0.15) is 18.4 Å². The molecule has 1 N–H and O–H groups in total. The minimum atomic E-state index is -0.796. The number of methoxy groups -OCH3 is 1. The van der Waals surface area contributed by atoms with Crippen LogP contribution in [-0.2, 0) is 19.1 Å². The number of alkyl halides is 1. The molecular weight excluding hydrogens is 548 g/mol. The van der Waals surface area contributed by atoms with Gasteiger partial charge in [-0.3, -0.25) is 14.4 Å². The summed E-state index contributed by atoms with van der Waals surface area (Å²) in [6, 6.07) is 6.35. The first kappa shape index (κ1) is 26.8. The van der Waals surface area contributed by atoms with E-state index in [9.17, 15) is 19.5 Å². The lowest BCUT2D eigenvalue weighted by Crippen LogP contribution is -2.55. The van der Waals surface area contributed by atoms with E-state index in [0.29, 0.717) is 24.3 Å². The number of thioether (sulfide) groups is 1. The normalized spacial score (nSPS) is 30.1. The fraction of sp³-hybridized carbons (Fsp3) is 0.500. The van der Waals surface area contributed by atoms with Gasteiger partial charge in [-0.1, -0.05) is 34.7 Å². The Bertz CT molecular complexity index is 1040. The minimum Gasteiger partial charge on any atom is -0.497 e. The standard InChI is InChI=1S/C26H31BrN2O6S/c1-4-11-28(16-7-9-17(34-3)10-8-16)24(32)22-26-15-18(27)21(36-26)19(25(33)35-14-5-2)20(26)23(31)29(22)12-6-13-30/h4-5,7-10,18-22,30H,1-2,6,11-15H2,3H3/t18?,19-,20-,21-,22?,26?/m0/s1. The minimum absolute atomic E-state index is 0.0465. The van der Waals surface area contributed by atoms with Crippen molar-refractivity contribution in [3.63, 3.8) is 0 Å². The van der Waals surface area contributed by atoms with Gasteiger partial charge in [-0.2, -0.15) is 0 Å². The Morgan fingerprint density at radius 3 is 2.64 bits per heavy atom. The molecule has 3 aliphatic rings. The number of benzene rings is 1. The van der Waals surface area contributed by atoms with Crippen LogP contribution in [0.4, 0.5) is 5.69 Å². The highest BCUT2D eigenvalue weighted by Crippen LogP contribution is 2.68. The fourth-order valence-corrected chi connectivity index (χ4v) is 9.35. The summed E-state index contributed by atoms with van der Waals surface area (Å²) in [5.41, 5.74) is 0.657. The number of aliphatic hydroxyl groups is 1. The SMILES string of the molecule is C=CCOC(=O)[C@H]1[C@H]2C(=O)N(CCCO)C(C(=O)N(CC=C)c3ccc(OC)cc3)C23CC(Br)[C@@H]1S3. The first-order chi connectivity index (χ1) is 17.3. The van der Waals surface area contributed by atoms with Crippen LogP contribution in [0.25, 0.3) is 0 Å². The molecule has 0 radical (unpaired) electrons. The molecule has 2 amide bonds. The topological polar surface area (TPSA) is 96.4 Å². The molecule has 0 aromatic heterocycles. The predicted molar refractivity (Wildman–Crippen MR) is 142 cm³/mol. The van der Waals surface area contributed by atoms with Crippen molar-refractivity contribution in [3.8, 4) is 5.75 Å². The van der Waals surface area contributed by atoms with Gasteiger partial charge in [0.05, 0.1) is 23.7 Å². The molecule has 0 saturated carbocycles. The average Bonchev–Trinajstić information content (AvgIpc) is 3.47. The van der Waals surface area contributed by atoms with E-state index in [0.717, 1.165) is 0 Å². The zero-order valence-electron chi connectivity index (χ0n) is 20.2. The largest absolute Gasteiger partial charge is 0.497 e. The highest BCUT2D eigenvalue weighted by atomic mass is 79.9. The van der Waals surface area contributed by atoms with Gasteiger partial charge in [0.15, 0.2) is 0 Å². The summed E-state index contributed by atoms with van der Waals surface area (Å²) in [5.74, 6) is -1.58. The molecule has 3 saturated heterocycles. The van der Waals surface area contributed by atoms with Crippen LogP contribution in [0.15, 0.2) is 49.6 Å². The lowest BCUT2D eigenvalue weighted by molar-refractivity contribution is -0.153. The molecule has 1 aromatic rings. The van der Waals surface area contributed by atoms with Gasteiger partial charge < -0.3 is 24.4 Å². The molecular formula is C26H31BrN2O6S. The summed E-state index contributed by atoms with van der Waals surface area (Å²) in [4.78, 5) is 44.4. The summed E-state index contributed by atoms with van der Waals surface area (Å²) in [5, 5.41) is 9.34. The van der Waals surface area contributed by atoms with Gasteiger partial charge in [-0.15, -0.1) is 18.3 Å². The molecule has 3 unspecified atom stereocenters. The van der Waals surface area contributed by atoms with E-state index in [1.807, 2.05) is 0 Å². The third-order valence-electron chi connectivity index (χ3n) is 7.16. The van der Waals surface area contributed by atoms with Crippen LogP contribution in [0.1, 0.15) is 12.8 Å². The van der Waals surface area contributed by atoms with Gasteiger partial charge in [0.25, 0.3) is 5.91 Å². The summed E-state index contributed by atoms with van der Waals surface area (Å²) >= 11 is 5.28. The summed E-state index contributed by atoms with van der Waals surface area (Å²) < 4.78 is 9.87. The second-order valence-corrected chi connectivity index (χ2v) is 11.8. The maximum atomic E-state index is 14.3. The van der Waals surface area contributed by atoms with Crippen molar-refractivity contribution in [1.29, 1.82) is 0 Å². The Balaban J connectivity index is 1.75. The molecule has 8 nitrogen and oxygen atoms in total. The van der Waals surface area contributed by atoms with Gasteiger partial charge in [0, 0.05) is 35.5 Å². The van der Waals surface area contributed by atoms with Gasteiger partial charge in [-0.25, -0.2) is 0 Å².